The number of hydrogen-bond donors (Lipinski definition) is 1. The first-order valence-corrected chi connectivity index (χ1v) is 6.71. The Morgan fingerprint density at radius 3 is 1.24 bits per heavy atom. The molecule has 25 heavy (non-hydrogen) atoms. The Bertz CT molecular complexity index is 276. The van der Waals surface area contributed by atoms with E-state index in [0.717, 1.165) is 6.42 Å². The number of alkyl halides is 1. The number of ether oxygens (including phenoxy) is 3. The van der Waals surface area contributed by atoms with E-state index in [1.165, 1.54) is 34.7 Å². The number of carboxylic acids is 1. The second-order valence-corrected chi connectivity index (χ2v) is 3.29. The molecule has 141 valence electrons. The number of esters is 3. The Kier molecular flexibility index (Phi) is 72.5. The first-order chi connectivity index (χ1) is 10.2. The molecule has 0 atom stereocenters. The third kappa shape index (κ3) is 77.7. The third-order valence-electron chi connectivity index (χ3n) is 1.25. The molecule has 0 saturated heterocycles. The molecule has 0 saturated carbocycles. The predicted molar refractivity (Wildman–Crippen MR) is 82.8 cm³/mol. The molecule has 0 aliphatic carbocycles. The van der Waals surface area contributed by atoms with Gasteiger partial charge in [0.05, 0.1) is 21.3 Å². The smallest absolute Gasteiger partial charge is 0.316 e. The summed E-state index contributed by atoms with van der Waals surface area (Å²) in [6.45, 7) is 6.00. The minimum atomic E-state index is -0.870. The molecule has 0 fully saturated rings. The van der Waals surface area contributed by atoms with E-state index in [9.17, 15) is 19.2 Å². The second-order valence-electron chi connectivity index (χ2n) is 2.72. The molecule has 8 nitrogen and oxygen atoms in total. The average molecular weight is 653 g/mol. The van der Waals surface area contributed by atoms with Gasteiger partial charge in [0.25, 0.3) is 0 Å². The van der Waals surface area contributed by atoms with Gasteiger partial charge in [0.2, 0.25) is 0 Å². The van der Waals surface area contributed by atoms with Crippen LogP contribution >= 0.6 is 15.9 Å². The number of rotatable bonds is 3. The van der Waals surface area contributed by atoms with Crippen molar-refractivity contribution in [3.8, 4) is 0 Å². The number of aliphatic carboxylic acids is 1. The molecule has 0 heterocycles. The summed E-state index contributed by atoms with van der Waals surface area (Å²) in [6, 6.07) is 0. The van der Waals surface area contributed by atoms with Crippen molar-refractivity contribution in [1.82, 2.24) is 0 Å². The van der Waals surface area contributed by atoms with E-state index in [2.05, 4.69) is 37.1 Å². The van der Waals surface area contributed by atoms with Crippen LogP contribution in [0.3, 0.4) is 0 Å². The largest absolute Gasteiger partial charge is 0.503 e. The molecule has 1 N–H and O–H groups in total. The van der Waals surface area contributed by atoms with E-state index in [0.29, 0.717) is 0 Å². The minimum Gasteiger partial charge on any atom is -0.503 e. The monoisotopic (exact) mass is 652 g/mol. The summed E-state index contributed by atoms with van der Waals surface area (Å²) in [5.74, 6) is -1.89. The van der Waals surface area contributed by atoms with Crippen molar-refractivity contribution in [2.75, 3.05) is 26.7 Å². The Hall–Kier alpha value is 1.28. The van der Waals surface area contributed by atoms with Crippen LogP contribution < -0.4 is 0 Å². The average Bonchev–Trinajstić information content (AvgIpc) is 2.54. The molecule has 0 aromatic rings. The van der Waals surface area contributed by atoms with Gasteiger partial charge in [0.1, 0.15) is 5.33 Å². The molecule has 0 aliphatic rings. The van der Waals surface area contributed by atoms with Crippen LogP contribution in [-0.2, 0) is 132 Å². The van der Waals surface area contributed by atoms with Crippen molar-refractivity contribution in [2.24, 2.45) is 0 Å². The predicted octanol–water partition coefficient (Wildman–Crippen LogP) is 1.22. The van der Waals surface area contributed by atoms with Crippen LogP contribution in [0.15, 0.2) is 0 Å². The van der Waals surface area contributed by atoms with Crippen LogP contribution in [-0.4, -0.2) is 55.6 Å². The van der Waals surface area contributed by atoms with Gasteiger partial charge in [-0.25, -0.2) is 0 Å². The summed E-state index contributed by atoms with van der Waals surface area (Å²) in [5, 5.41) is 7.95. The molecule has 0 aliphatic heterocycles. The fourth-order valence-electron chi connectivity index (χ4n) is 0.172. The van der Waals surface area contributed by atoms with Crippen molar-refractivity contribution in [2.45, 2.75) is 13.8 Å². The normalized spacial score (nSPS) is 6.16. The number of hydrogen-bond acceptors (Lipinski definition) is 7. The van der Waals surface area contributed by atoms with Gasteiger partial charge in [0, 0.05) is 98.1 Å². The standard InChI is InChI=1S/C4H7O2.C3H5BrO2.2C3H5O2.3Y/c1-3-4(5)6-2;1-6-3(5)2-4;1-3(4)5-2;1-2-3(4)5;;;/h3H,1-2H3;2H2,1H3;1H2,2H3;2H,1H3,(H,4,5);;;/q-1;;2*-1;;;. The fourth-order valence-corrected chi connectivity index (χ4v) is 0.401. The van der Waals surface area contributed by atoms with E-state index >= 15 is 0 Å². The number of methoxy groups -OCH3 is 3. The Morgan fingerprint density at radius 2 is 1.24 bits per heavy atom. The van der Waals surface area contributed by atoms with Gasteiger partial charge in [-0.3, -0.25) is 38.9 Å². The number of halogens is 1. The van der Waals surface area contributed by atoms with Crippen molar-refractivity contribution in [1.29, 1.82) is 0 Å². The van der Waals surface area contributed by atoms with Crippen molar-refractivity contribution in [3.05, 3.63) is 19.8 Å². The molecule has 0 bridgehead atoms. The van der Waals surface area contributed by atoms with E-state index in [4.69, 9.17) is 5.11 Å². The van der Waals surface area contributed by atoms with Gasteiger partial charge in [-0.2, -0.15) is 13.8 Å². The molecular formula is C13H22BrO8Y3-3. The molecule has 0 unspecified atom stereocenters. The summed E-state index contributed by atoms with van der Waals surface area (Å²) in [6.07, 6.45) is 2.44. The van der Waals surface area contributed by atoms with Crippen molar-refractivity contribution >= 4 is 39.8 Å². The fraction of sp³-hybridized carbons (Fsp3) is 0.462. The van der Waals surface area contributed by atoms with Crippen LogP contribution in [0.1, 0.15) is 13.8 Å². The molecule has 12 heteroatoms. The van der Waals surface area contributed by atoms with Crippen LogP contribution in [0.2, 0.25) is 0 Å². The Labute approximate surface area is 233 Å². The van der Waals surface area contributed by atoms with Gasteiger partial charge >= 0.3 is 5.97 Å². The van der Waals surface area contributed by atoms with Crippen molar-refractivity contribution < 1.29 is 137 Å². The summed E-state index contributed by atoms with van der Waals surface area (Å²) in [5.41, 5.74) is 0. The zero-order chi connectivity index (χ0) is 18.6. The first kappa shape index (κ1) is 45.2. The summed E-state index contributed by atoms with van der Waals surface area (Å²) < 4.78 is 12.4. The molecule has 0 rings (SSSR count). The van der Waals surface area contributed by atoms with Gasteiger partial charge in [-0.1, -0.05) is 15.9 Å². The number of carbonyl (C=O) groups is 4. The van der Waals surface area contributed by atoms with E-state index in [1.54, 1.807) is 6.92 Å². The molecule has 0 aromatic heterocycles. The molecular weight excluding hydrogens is 631 g/mol. The maximum absolute atomic E-state index is 9.91. The number of carboxylic acid groups (broad SMARTS) is 1. The Morgan fingerprint density at radius 1 is 0.920 bits per heavy atom. The van der Waals surface area contributed by atoms with Crippen LogP contribution in [0.4, 0.5) is 0 Å². The molecule has 3 radical (unpaired) electrons. The minimum absolute atomic E-state index is 0. The molecule has 0 amide bonds. The molecule has 0 spiro atoms. The SMILES string of the molecule is COC(=O)CBr.C[CH-]C(=O)O.C[CH-]C(=O)OC.[CH2-]C(=O)OC.[Y].[Y].[Y]. The number of carbonyl (C=O) groups excluding carboxylic acids is 3. The van der Waals surface area contributed by atoms with E-state index in [-0.39, 0.29) is 115 Å². The van der Waals surface area contributed by atoms with Gasteiger partial charge in [-0.15, -0.1) is 0 Å². The first-order valence-electron chi connectivity index (χ1n) is 5.58. The van der Waals surface area contributed by atoms with Gasteiger partial charge in [0.15, 0.2) is 17.9 Å². The van der Waals surface area contributed by atoms with E-state index in [1.807, 2.05) is 0 Å². The maximum atomic E-state index is 9.91. The maximum Gasteiger partial charge on any atom is 0.316 e. The van der Waals surface area contributed by atoms with E-state index < -0.39 is 11.9 Å². The summed E-state index contributed by atoms with van der Waals surface area (Å²) in [7, 11) is 3.99. The van der Waals surface area contributed by atoms with Crippen LogP contribution in [0.25, 0.3) is 0 Å². The summed E-state index contributed by atoms with van der Waals surface area (Å²) in [4.78, 5) is 38.6. The molecule has 0 aromatic carbocycles. The topological polar surface area (TPSA) is 116 Å². The third-order valence-corrected chi connectivity index (χ3v) is 1.71. The van der Waals surface area contributed by atoms with Gasteiger partial charge in [-0.05, 0) is 0 Å². The van der Waals surface area contributed by atoms with Crippen LogP contribution in [0.5, 0.6) is 0 Å². The second kappa shape index (κ2) is 40.1. The van der Waals surface area contributed by atoms with Crippen LogP contribution in [0, 0.1) is 19.8 Å². The zero-order valence-corrected chi connectivity index (χ0v) is 25.1. The van der Waals surface area contributed by atoms with Gasteiger partial charge < -0.3 is 19.3 Å². The quantitative estimate of drug-likeness (QED) is 0.210. The Balaban J connectivity index is -0.0000000333. The summed E-state index contributed by atoms with van der Waals surface area (Å²) >= 11 is 2.90. The van der Waals surface area contributed by atoms with Crippen molar-refractivity contribution in [3.63, 3.8) is 0 Å². The zero-order valence-electron chi connectivity index (χ0n) is 15.0.